The fraction of sp³-hybridized carbons (Fsp3) is 0.250. The largest absolute Gasteiger partial charge is 0.404 e. The average molecular weight is 135 g/mol. The van der Waals surface area contributed by atoms with Gasteiger partial charge < -0.3 is 5.73 Å². The molecule has 0 aliphatic rings. The van der Waals surface area contributed by atoms with Crippen molar-refractivity contribution in [2.45, 2.75) is 13.3 Å². The summed E-state index contributed by atoms with van der Waals surface area (Å²) in [5, 5.41) is 0. The highest BCUT2D eigenvalue weighted by Crippen LogP contribution is 2.03. The molecule has 0 aromatic heterocycles. The van der Waals surface area contributed by atoms with Crippen molar-refractivity contribution < 1.29 is 0 Å². The smallest absolute Gasteiger partial charge is 0.139 e. The topological polar surface area (TPSA) is 26.0 Å². The fourth-order valence-electron chi connectivity index (χ4n) is 0.619. The summed E-state index contributed by atoms with van der Waals surface area (Å²) in [4.78, 5) is 0. The highest BCUT2D eigenvalue weighted by atomic mass is 14.5. The van der Waals surface area contributed by atoms with Crippen LogP contribution < -0.4 is 5.73 Å². The predicted molar refractivity (Wildman–Crippen MR) is 49.4 cm³/mol. The standard InChI is InChI=1S/C8H14BN/c1-3-7(6-10)5-8(9)4-2/h4-6H,2-3,9-10H2,1H3/b7-6-,8-5+. The molecule has 10 heavy (non-hydrogen) atoms. The lowest BCUT2D eigenvalue weighted by Crippen LogP contribution is -1.86. The van der Waals surface area contributed by atoms with Gasteiger partial charge in [-0.15, -0.1) is 0 Å². The van der Waals surface area contributed by atoms with Crippen molar-refractivity contribution in [2.24, 2.45) is 5.73 Å². The number of allylic oxidation sites excluding steroid dienone is 4. The SMILES string of the molecule is B/C(C=C)=C/C(=C\N)CC. The number of rotatable bonds is 3. The Morgan fingerprint density at radius 1 is 1.70 bits per heavy atom. The first-order valence-corrected chi connectivity index (χ1v) is 3.46. The van der Waals surface area contributed by atoms with E-state index in [4.69, 9.17) is 5.73 Å². The van der Waals surface area contributed by atoms with Crippen molar-refractivity contribution in [3.05, 3.63) is 36.0 Å². The maximum Gasteiger partial charge on any atom is 0.139 e. The molecule has 0 amide bonds. The Hall–Kier alpha value is -0.915. The lowest BCUT2D eigenvalue weighted by molar-refractivity contribution is 1.13. The molecule has 0 aliphatic carbocycles. The number of hydrogen-bond acceptors (Lipinski definition) is 1. The molecule has 0 saturated carbocycles. The minimum atomic E-state index is 0.974. The Bertz CT molecular complexity index is 168. The van der Waals surface area contributed by atoms with Gasteiger partial charge in [0.05, 0.1) is 0 Å². The van der Waals surface area contributed by atoms with Crippen LogP contribution in [0, 0.1) is 0 Å². The van der Waals surface area contributed by atoms with Gasteiger partial charge in [0.1, 0.15) is 7.85 Å². The molecule has 0 aromatic rings. The average Bonchev–Trinajstić information content (AvgIpc) is 1.99. The highest BCUT2D eigenvalue weighted by molar-refractivity contribution is 6.23. The van der Waals surface area contributed by atoms with Crippen LogP contribution in [0.2, 0.25) is 0 Å². The molecule has 0 spiro atoms. The Morgan fingerprint density at radius 3 is 2.60 bits per heavy atom. The summed E-state index contributed by atoms with van der Waals surface area (Å²) >= 11 is 0. The van der Waals surface area contributed by atoms with Crippen LogP contribution in [0.5, 0.6) is 0 Å². The third kappa shape index (κ3) is 3.18. The minimum Gasteiger partial charge on any atom is -0.404 e. The summed E-state index contributed by atoms with van der Waals surface area (Å²) in [6.07, 6.45) is 6.46. The molecule has 0 fully saturated rings. The molecule has 0 aromatic carbocycles. The zero-order valence-corrected chi connectivity index (χ0v) is 6.72. The second kappa shape index (κ2) is 4.92. The lowest BCUT2D eigenvalue weighted by atomic mass is 9.93. The molecule has 0 saturated heterocycles. The molecule has 0 rings (SSSR count). The van der Waals surface area contributed by atoms with Gasteiger partial charge in [-0.3, -0.25) is 0 Å². The molecule has 2 N–H and O–H groups in total. The van der Waals surface area contributed by atoms with Gasteiger partial charge in [-0.1, -0.05) is 31.1 Å². The number of hydrogen-bond donors (Lipinski definition) is 1. The van der Waals surface area contributed by atoms with Crippen molar-refractivity contribution in [1.82, 2.24) is 0 Å². The summed E-state index contributed by atoms with van der Waals surface area (Å²) in [7, 11) is 2.01. The monoisotopic (exact) mass is 135 g/mol. The Morgan fingerprint density at radius 2 is 2.30 bits per heavy atom. The summed E-state index contributed by atoms with van der Waals surface area (Å²) in [5.74, 6) is 0. The van der Waals surface area contributed by atoms with Crippen molar-refractivity contribution in [1.29, 1.82) is 0 Å². The maximum atomic E-state index is 5.35. The quantitative estimate of drug-likeness (QED) is 0.452. The van der Waals surface area contributed by atoms with E-state index in [9.17, 15) is 0 Å². The predicted octanol–water partition coefficient (Wildman–Crippen LogP) is 0.942. The van der Waals surface area contributed by atoms with E-state index in [-0.39, 0.29) is 0 Å². The van der Waals surface area contributed by atoms with E-state index in [1.807, 2.05) is 20.0 Å². The summed E-state index contributed by atoms with van der Waals surface area (Å²) in [5.41, 5.74) is 7.65. The van der Waals surface area contributed by atoms with E-state index < -0.39 is 0 Å². The van der Waals surface area contributed by atoms with E-state index in [1.54, 1.807) is 6.20 Å². The van der Waals surface area contributed by atoms with Crippen LogP contribution in [0.1, 0.15) is 13.3 Å². The third-order valence-corrected chi connectivity index (χ3v) is 1.36. The van der Waals surface area contributed by atoms with Gasteiger partial charge >= 0.3 is 0 Å². The van der Waals surface area contributed by atoms with Crippen LogP contribution in [0.25, 0.3) is 0 Å². The number of nitrogens with two attached hydrogens (primary N) is 1. The Kier molecular flexibility index (Phi) is 4.47. The van der Waals surface area contributed by atoms with Gasteiger partial charge in [0.15, 0.2) is 0 Å². The summed E-state index contributed by atoms with van der Waals surface area (Å²) in [6.45, 7) is 5.72. The van der Waals surface area contributed by atoms with Crippen molar-refractivity contribution in [3.8, 4) is 0 Å². The van der Waals surface area contributed by atoms with Gasteiger partial charge in [0.25, 0.3) is 0 Å². The Balaban J connectivity index is 4.22. The molecule has 0 aliphatic heterocycles. The van der Waals surface area contributed by atoms with Crippen LogP contribution in [-0.2, 0) is 0 Å². The third-order valence-electron chi connectivity index (χ3n) is 1.36. The van der Waals surface area contributed by atoms with Gasteiger partial charge in [0, 0.05) is 0 Å². The molecule has 2 heteroatoms. The molecule has 0 bridgehead atoms. The first kappa shape index (κ1) is 9.08. The summed E-state index contributed by atoms with van der Waals surface area (Å²) in [6, 6.07) is 0. The second-order valence-electron chi connectivity index (χ2n) is 2.19. The molecular weight excluding hydrogens is 121 g/mol. The van der Waals surface area contributed by atoms with E-state index in [0.29, 0.717) is 0 Å². The van der Waals surface area contributed by atoms with Crippen molar-refractivity contribution >= 4 is 7.85 Å². The molecule has 0 atom stereocenters. The first-order valence-electron chi connectivity index (χ1n) is 3.46. The van der Waals surface area contributed by atoms with Gasteiger partial charge in [-0.25, -0.2) is 0 Å². The van der Waals surface area contributed by atoms with Crippen molar-refractivity contribution in [2.75, 3.05) is 0 Å². The molecule has 0 heterocycles. The van der Waals surface area contributed by atoms with Gasteiger partial charge in [-0.2, -0.15) is 0 Å². The molecular formula is C8H14BN. The van der Waals surface area contributed by atoms with E-state index in [2.05, 4.69) is 13.5 Å². The van der Waals surface area contributed by atoms with E-state index in [0.717, 1.165) is 17.5 Å². The van der Waals surface area contributed by atoms with Gasteiger partial charge in [-0.05, 0) is 18.2 Å². The normalized spacial score (nSPS) is 13.3. The minimum absolute atomic E-state index is 0.974. The van der Waals surface area contributed by atoms with E-state index in [1.165, 1.54) is 0 Å². The maximum absolute atomic E-state index is 5.35. The van der Waals surface area contributed by atoms with Crippen molar-refractivity contribution in [3.63, 3.8) is 0 Å². The van der Waals surface area contributed by atoms with E-state index >= 15 is 0 Å². The van der Waals surface area contributed by atoms with Gasteiger partial charge in [0.2, 0.25) is 0 Å². The zero-order valence-electron chi connectivity index (χ0n) is 6.72. The molecule has 0 radical (unpaired) electrons. The van der Waals surface area contributed by atoms with Crippen LogP contribution >= 0.6 is 0 Å². The zero-order chi connectivity index (χ0) is 7.98. The highest BCUT2D eigenvalue weighted by Gasteiger charge is 1.86. The fourth-order valence-corrected chi connectivity index (χ4v) is 0.619. The lowest BCUT2D eigenvalue weighted by Gasteiger charge is -1.95. The second-order valence-corrected chi connectivity index (χ2v) is 2.19. The van der Waals surface area contributed by atoms with Crippen LogP contribution in [-0.4, -0.2) is 7.85 Å². The van der Waals surface area contributed by atoms with Crippen LogP contribution in [0.3, 0.4) is 0 Å². The molecule has 0 unspecified atom stereocenters. The first-order chi connectivity index (χ1) is 4.74. The summed E-state index contributed by atoms with van der Waals surface area (Å²) < 4.78 is 0. The molecule has 1 nitrogen and oxygen atoms in total. The Labute approximate surface area is 63.7 Å². The van der Waals surface area contributed by atoms with Crippen LogP contribution in [0.4, 0.5) is 0 Å². The van der Waals surface area contributed by atoms with Crippen LogP contribution in [0.15, 0.2) is 36.0 Å². The molecule has 54 valence electrons.